The molecule has 0 radical (unpaired) electrons. The summed E-state index contributed by atoms with van der Waals surface area (Å²) in [5.41, 5.74) is 2.72. The molecule has 1 N–H and O–H groups in total. The van der Waals surface area contributed by atoms with Crippen molar-refractivity contribution >= 4 is 23.4 Å². The fourth-order valence-corrected chi connectivity index (χ4v) is 4.04. The van der Waals surface area contributed by atoms with Gasteiger partial charge in [-0.2, -0.15) is 0 Å². The number of para-hydroxylation sites is 1. The van der Waals surface area contributed by atoms with Gasteiger partial charge in [0.1, 0.15) is 11.5 Å². The van der Waals surface area contributed by atoms with E-state index in [-0.39, 0.29) is 11.2 Å². The summed E-state index contributed by atoms with van der Waals surface area (Å²) in [6, 6.07) is 19.1. The van der Waals surface area contributed by atoms with Gasteiger partial charge >= 0.3 is 0 Å². The van der Waals surface area contributed by atoms with E-state index < -0.39 is 0 Å². The Balaban J connectivity index is 1.59. The summed E-state index contributed by atoms with van der Waals surface area (Å²) in [7, 11) is 1.63. The Morgan fingerprint density at radius 3 is 2.59 bits per heavy atom. The lowest BCUT2D eigenvalue weighted by molar-refractivity contribution is -0.115. The smallest absolute Gasteiger partial charge is 0.237 e. The molecule has 4 aromatic rings. The van der Waals surface area contributed by atoms with Crippen LogP contribution in [-0.4, -0.2) is 33.0 Å². The Morgan fingerprint density at radius 1 is 1.12 bits per heavy atom. The number of ether oxygens (including phenoxy) is 1. The van der Waals surface area contributed by atoms with Crippen LogP contribution in [0.5, 0.6) is 5.75 Å². The second-order valence-corrected chi connectivity index (χ2v) is 8.57. The van der Waals surface area contributed by atoms with Crippen molar-refractivity contribution in [2.75, 3.05) is 12.4 Å². The van der Waals surface area contributed by atoms with Gasteiger partial charge in [0.15, 0.2) is 11.0 Å². The number of anilines is 1. The second kappa shape index (κ2) is 9.74. The molecule has 0 bridgehead atoms. The molecule has 0 saturated carbocycles. The number of thioether (sulfide) groups is 1. The third kappa shape index (κ3) is 4.86. The maximum Gasteiger partial charge on any atom is 0.237 e. The molecule has 1 amide bonds. The summed E-state index contributed by atoms with van der Waals surface area (Å²) in [6.07, 6.45) is 1.64. The summed E-state index contributed by atoms with van der Waals surface area (Å²) in [6.45, 7) is 4.28. The number of rotatable bonds is 8. The van der Waals surface area contributed by atoms with Gasteiger partial charge < -0.3 is 14.5 Å². The van der Waals surface area contributed by atoms with Gasteiger partial charge in [-0.3, -0.25) is 9.36 Å². The Morgan fingerprint density at radius 2 is 1.91 bits per heavy atom. The van der Waals surface area contributed by atoms with Crippen LogP contribution in [-0.2, 0) is 11.3 Å². The van der Waals surface area contributed by atoms with Crippen molar-refractivity contribution in [2.24, 2.45) is 0 Å². The molecule has 2 aromatic heterocycles. The molecule has 8 heteroatoms. The number of benzene rings is 2. The van der Waals surface area contributed by atoms with E-state index in [0.717, 1.165) is 28.3 Å². The molecule has 1 unspecified atom stereocenters. The number of aryl methyl sites for hydroxylation is 1. The summed E-state index contributed by atoms with van der Waals surface area (Å²) in [5, 5.41) is 12.1. The third-order valence-electron chi connectivity index (χ3n) is 5.01. The minimum Gasteiger partial charge on any atom is -0.497 e. The molecule has 0 aliphatic heterocycles. The molecule has 0 aliphatic rings. The molecule has 1 atom stereocenters. The van der Waals surface area contributed by atoms with Crippen molar-refractivity contribution in [1.29, 1.82) is 0 Å². The first-order valence-electron chi connectivity index (χ1n) is 10.2. The van der Waals surface area contributed by atoms with Crippen LogP contribution in [0.2, 0.25) is 0 Å². The molecular weight excluding hydrogens is 424 g/mol. The van der Waals surface area contributed by atoms with Crippen molar-refractivity contribution in [3.8, 4) is 17.1 Å². The van der Waals surface area contributed by atoms with Crippen molar-refractivity contribution in [2.45, 2.75) is 30.8 Å². The fraction of sp³-hybridized carbons (Fsp3) is 0.208. The van der Waals surface area contributed by atoms with Gasteiger partial charge in [0.25, 0.3) is 0 Å². The number of hydrogen-bond donors (Lipinski definition) is 1. The zero-order valence-corrected chi connectivity index (χ0v) is 18.9. The Kier molecular flexibility index (Phi) is 6.61. The van der Waals surface area contributed by atoms with E-state index in [1.54, 1.807) is 13.4 Å². The molecule has 2 aromatic carbocycles. The van der Waals surface area contributed by atoms with E-state index in [2.05, 4.69) is 15.5 Å². The van der Waals surface area contributed by atoms with Gasteiger partial charge in [0.05, 0.1) is 25.2 Å². The van der Waals surface area contributed by atoms with Crippen LogP contribution in [0.25, 0.3) is 11.4 Å². The van der Waals surface area contributed by atoms with E-state index in [1.165, 1.54) is 11.8 Å². The van der Waals surface area contributed by atoms with Crippen LogP contribution in [0.15, 0.2) is 76.5 Å². The van der Waals surface area contributed by atoms with Gasteiger partial charge in [-0.1, -0.05) is 30.0 Å². The number of methoxy groups -OCH3 is 1. The molecule has 32 heavy (non-hydrogen) atoms. The number of hydrogen-bond acceptors (Lipinski definition) is 6. The third-order valence-corrected chi connectivity index (χ3v) is 6.09. The van der Waals surface area contributed by atoms with E-state index in [0.29, 0.717) is 17.5 Å². The minimum atomic E-state index is -0.377. The van der Waals surface area contributed by atoms with Gasteiger partial charge in [0.2, 0.25) is 5.91 Å². The van der Waals surface area contributed by atoms with Gasteiger partial charge in [-0.05, 0) is 61.9 Å². The maximum absolute atomic E-state index is 12.8. The lowest BCUT2D eigenvalue weighted by atomic mass is 10.2. The number of carbonyl (C=O) groups is 1. The van der Waals surface area contributed by atoms with Gasteiger partial charge in [-0.25, -0.2) is 0 Å². The lowest BCUT2D eigenvalue weighted by Crippen LogP contribution is -2.23. The average Bonchev–Trinajstić information content (AvgIpc) is 3.46. The van der Waals surface area contributed by atoms with Crippen molar-refractivity contribution < 1.29 is 13.9 Å². The zero-order valence-electron chi connectivity index (χ0n) is 18.1. The Labute approximate surface area is 190 Å². The second-order valence-electron chi connectivity index (χ2n) is 7.26. The van der Waals surface area contributed by atoms with Crippen LogP contribution < -0.4 is 10.1 Å². The summed E-state index contributed by atoms with van der Waals surface area (Å²) in [4.78, 5) is 12.8. The predicted octanol–water partition coefficient (Wildman–Crippen LogP) is 5.02. The first-order valence-corrected chi connectivity index (χ1v) is 11.1. The number of carbonyl (C=O) groups excluding carboxylic acids is 1. The molecule has 7 nitrogen and oxygen atoms in total. The van der Waals surface area contributed by atoms with E-state index in [9.17, 15) is 4.79 Å². The summed E-state index contributed by atoms with van der Waals surface area (Å²) >= 11 is 1.36. The largest absolute Gasteiger partial charge is 0.497 e. The standard InChI is InChI=1S/C24H24N4O3S/c1-16-7-4-5-9-21(16)25-23(29)17(2)32-24-27-26-22(18-10-12-19(30-3)13-11-18)28(24)15-20-8-6-14-31-20/h4-14,17H,15H2,1-3H3,(H,25,29). The van der Waals surface area contributed by atoms with Crippen LogP contribution >= 0.6 is 11.8 Å². The highest BCUT2D eigenvalue weighted by Crippen LogP contribution is 2.29. The Bertz CT molecular complexity index is 1190. The van der Waals surface area contributed by atoms with E-state index >= 15 is 0 Å². The number of aromatic nitrogens is 3. The first kappa shape index (κ1) is 21.7. The van der Waals surface area contributed by atoms with Gasteiger partial charge in [0, 0.05) is 11.3 Å². The molecule has 0 spiro atoms. The van der Waals surface area contributed by atoms with Crippen LogP contribution in [0.4, 0.5) is 5.69 Å². The molecule has 0 saturated heterocycles. The molecule has 2 heterocycles. The Hall–Kier alpha value is -3.52. The topological polar surface area (TPSA) is 82.2 Å². The fourth-order valence-electron chi connectivity index (χ4n) is 3.19. The molecule has 0 aliphatic carbocycles. The molecule has 4 rings (SSSR count). The molecule has 164 valence electrons. The van der Waals surface area contributed by atoms with Crippen LogP contribution in [0, 0.1) is 6.92 Å². The quantitative estimate of drug-likeness (QED) is 0.381. The summed E-state index contributed by atoms with van der Waals surface area (Å²) in [5.74, 6) is 2.14. The van der Waals surface area contributed by atoms with Crippen molar-refractivity contribution in [1.82, 2.24) is 14.8 Å². The minimum absolute atomic E-state index is 0.0946. The monoisotopic (exact) mass is 448 g/mol. The van der Waals surface area contributed by atoms with Crippen LogP contribution in [0.3, 0.4) is 0 Å². The number of nitrogens with one attached hydrogen (secondary N) is 1. The zero-order chi connectivity index (χ0) is 22.5. The summed E-state index contributed by atoms with van der Waals surface area (Å²) < 4.78 is 12.8. The maximum atomic E-state index is 12.8. The highest BCUT2D eigenvalue weighted by atomic mass is 32.2. The highest BCUT2D eigenvalue weighted by Gasteiger charge is 2.22. The average molecular weight is 449 g/mol. The number of furan rings is 1. The molecular formula is C24H24N4O3S. The van der Waals surface area contributed by atoms with Crippen LogP contribution in [0.1, 0.15) is 18.2 Å². The normalized spacial score (nSPS) is 11.8. The first-order chi connectivity index (χ1) is 15.5. The number of nitrogens with zero attached hydrogens (tertiary/aromatic N) is 3. The van der Waals surface area contributed by atoms with Crippen molar-refractivity contribution in [3.63, 3.8) is 0 Å². The highest BCUT2D eigenvalue weighted by molar-refractivity contribution is 8.00. The number of amides is 1. The van der Waals surface area contributed by atoms with E-state index in [1.807, 2.05) is 79.1 Å². The lowest BCUT2D eigenvalue weighted by Gasteiger charge is -2.14. The molecule has 0 fully saturated rings. The van der Waals surface area contributed by atoms with Crippen molar-refractivity contribution in [3.05, 3.63) is 78.3 Å². The SMILES string of the molecule is COc1ccc(-c2nnc(SC(C)C(=O)Nc3ccccc3C)n2Cc2ccco2)cc1. The predicted molar refractivity (Wildman–Crippen MR) is 125 cm³/mol. The van der Waals surface area contributed by atoms with E-state index in [4.69, 9.17) is 9.15 Å². The van der Waals surface area contributed by atoms with Gasteiger partial charge in [-0.15, -0.1) is 10.2 Å².